The number of ether oxygens (including phenoxy) is 2. The van der Waals surface area contributed by atoms with Gasteiger partial charge in [0.2, 0.25) is 6.77 Å². The molecule has 0 spiro atoms. The van der Waals surface area contributed by atoms with Crippen molar-refractivity contribution in [2.75, 3.05) is 11.5 Å². The van der Waals surface area contributed by atoms with Crippen molar-refractivity contribution in [3.63, 3.8) is 0 Å². The number of Topliss-reactive ketones (excluding diaryl/α,β-unsaturated/α-hetero) is 1. The summed E-state index contributed by atoms with van der Waals surface area (Å²) >= 11 is 6.42. The maximum Gasteiger partial charge on any atom is 0.265 e. The van der Waals surface area contributed by atoms with Gasteiger partial charge < -0.3 is 14.0 Å². The van der Waals surface area contributed by atoms with E-state index in [-0.39, 0.29) is 16.0 Å². The molecule has 8 nitrogen and oxygen atoms in total. The average molecular weight is 464 g/mol. The SMILES string of the molecule is [2H]c1c(C)c(C([2H])([2H])C(=O)c2sccc2S(=O)(=O)N([2H])c2onc(C([2H])([2H])[2H])c2Cl)c([2H])c2c1OC([2H])O2. The van der Waals surface area contributed by atoms with Gasteiger partial charge in [0.25, 0.3) is 15.9 Å². The zero-order chi connectivity index (χ0) is 28.5. The Kier molecular flexibility index (Phi) is 2.94. The number of carbonyl (C=O) groups is 1. The fourth-order valence-corrected chi connectivity index (χ4v) is 4.69. The Morgan fingerprint density at radius 1 is 1.52 bits per heavy atom. The van der Waals surface area contributed by atoms with Crippen LogP contribution in [0, 0.1) is 13.8 Å². The van der Waals surface area contributed by atoms with Crippen molar-refractivity contribution in [2.24, 2.45) is 0 Å². The lowest BCUT2D eigenvalue weighted by atomic mass is 10.0. The molecular formula is C18H15ClN2O6S2. The number of sulfonamides is 1. The van der Waals surface area contributed by atoms with Gasteiger partial charge in [-0.05, 0) is 48.4 Å². The number of hydrogen-bond acceptors (Lipinski definition) is 8. The summed E-state index contributed by atoms with van der Waals surface area (Å²) in [4.78, 5) is 11.9. The molecule has 3 aromatic rings. The number of nitrogens with one attached hydrogen (secondary N) is 1. The van der Waals surface area contributed by atoms with Crippen molar-refractivity contribution in [1.82, 2.24) is 5.16 Å². The summed E-state index contributed by atoms with van der Waals surface area (Å²) < 4.78 is 112. The van der Waals surface area contributed by atoms with Crippen molar-refractivity contribution in [1.29, 1.82) is 0 Å². The molecule has 1 unspecified atom stereocenters. The number of carbonyl (C=O) groups excluding carboxylic acids is 1. The summed E-state index contributed by atoms with van der Waals surface area (Å²) in [5, 5.41) is 3.58. The molecule has 152 valence electrons. The molecule has 0 bridgehead atoms. The summed E-state index contributed by atoms with van der Waals surface area (Å²) in [5.74, 6) is -3.05. The Bertz CT molecular complexity index is 1570. The van der Waals surface area contributed by atoms with E-state index in [0.29, 0.717) is 11.3 Å². The lowest BCUT2D eigenvalue weighted by Gasteiger charge is -2.09. The largest absolute Gasteiger partial charge is 0.454 e. The van der Waals surface area contributed by atoms with Crippen LogP contribution in [0.3, 0.4) is 0 Å². The quantitative estimate of drug-likeness (QED) is 0.551. The molecule has 3 heterocycles. The number of benzene rings is 1. The first-order valence-electron chi connectivity index (χ1n) is 12.2. The molecule has 0 fully saturated rings. The maximum atomic E-state index is 13.4. The van der Waals surface area contributed by atoms with Gasteiger partial charge in [-0.1, -0.05) is 16.8 Å². The van der Waals surface area contributed by atoms with Gasteiger partial charge in [0, 0.05) is 13.2 Å². The molecule has 1 N–H and O–H groups in total. The number of anilines is 1. The van der Waals surface area contributed by atoms with Crippen molar-refractivity contribution >= 4 is 44.6 Å². The first-order chi connectivity index (χ1) is 17.4. The number of hydrogen-bond donors (Lipinski definition) is 1. The minimum Gasteiger partial charge on any atom is -0.454 e. The number of aromatic nitrogens is 1. The van der Waals surface area contributed by atoms with Crippen LogP contribution in [-0.2, 0) is 16.4 Å². The highest BCUT2D eigenvalue weighted by molar-refractivity contribution is 7.93. The third-order valence-corrected chi connectivity index (χ3v) is 6.31. The Morgan fingerprint density at radius 3 is 3.00 bits per heavy atom. The second-order valence-electron chi connectivity index (χ2n) is 5.52. The fraction of sp³-hybridized carbons (Fsp3) is 0.222. The highest BCUT2D eigenvalue weighted by atomic mass is 35.5. The van der Waals surface area contributed by atoms with Gasteiger partial charge in [-0.3, -0.25) is 4.79 Å². The Balaban J connectivity index is 1.78. The second kappa shape index (κ2) is 7.36. The smallest absolute Gasteiger partial charge is 0.265 e. The van der Waals surface area contributed by atoms with Gasteiger partial charge in [-0.25, -0.2) is 13.1 Å². The van der Waals surface area contributed by atoms with E-state index in [1.165, 1.54) is 6.92 Å². The Morgan fingerprint density at radius 2 is 2.28 bits per heavy atom. The van der Waals surface area contributed by atoms with Crippen LogP contribution >= 0.6 is 22.9 Å². The lowest BCUT2D eigenvalue weighted by molar-refractivity contribution is 0.0994. The van der Waals surface area contributed by atoms with Crippen LogP contribution in [0.15, 0.2) is 32.9 Å². The Labute approximate surface area is 188 Å². The summed E-state index contributed by atoms with van der Waals surface area (Å²) in [6, 6.07) is -0.150. The van der Waals surface area contributed by atoms with E-state index in [2.05, 4.69) is 9.68 Å². The number of fused-ring (bicyclic) bond motifs is 1. The van der Waals surface area contributed by atoms with Gasteiger partial charge in [0.1, 0.15) is 17.0 Å². The van der Waals surface area contributed by atoms with Gasteiger partial charge in [0.05, 0.1) is 7.62 Å². The van der Waals surface area contributed by atoms with E-state index < -0.39 is 85.6 Å². The monoisotopic (exact) mass is 463 g/mol. The number of rotatable bonds is 6. The molecule has 0 radical (unpaired) electrons. The summed E-state index contributed by atoms with van der Waals surface area (Å²) in [5.41, 5.74) is -1.55. The van der Waals surface area contributed by atoms with Crippen molar-refractivity contribution in [3.8, 4) is 11.5 Å². The molecule has 1 atom stereocenters. The number of halogens is 1. The predicted octanol–water partition coefficient (Wildman–Crippen LogP) is 3.96. The van der Waals surface area contributed by atoms with E-state index in [1.54, 1.807) is 0 Å². The molecule has 1 aliphatic rings. The van der Waals surface area contributed by atoms with E-state index in [0.717, 1.165) is 11.4 Å². The number of nitrogens with zero attached hydrogens (tertiary/aromatic N) is 1. The van der Waals surface area contributed by atoms with E-state index >= 15 is 0 Å². The predicted molar refractivity (Wildman–Crippen MR) is 107 cm³/mol. The Hall–Kier alpha value is -2.56. The lowest BCUT2D eigenvalue weighted by Crippen LogP contribution is -2.16. The normalized spacial score (nSPS) is 20.9. The molecule has 0 amide bonds. The molecule has 0 aliphatic carbocycles. The van der Waals surface area contributed by atoms with E-state index in [4.69, 9.17) is 33.5 Å². The van der Waals surface area contributed by atoms with Crippen molar-refractivity contribution in [3.05, 3.63) is 50.3 Å². The van der Waals surface area contributed by atoms with E-state index in [1.807, 2.05) is 0 Å². The highest BCUT2D eigenvalue weighted by Gasteiger charge is 2.27. The minimum atomic E-state index is -5.00. The summed E-state index contributed by atoms with van der Waals surface area (Å²) in [6.45, 7) is -3.22. The number of aryl methyl sites for hydroxylation is 1. The van der Waals surface area contributed by atoms with Crippen LogP contribution in [0.5, 0.6) is 11.5 Å². The first kappa shape index (κ1) is 11.6. The zero-order valence-corrected chi connectivity index (χ0v) is 16.7. The molecule has 0 saturated carbocycles. The van der Waals surface area contributed by atoms with Gasteiger partial charge in [-0.2, -0.15) is 0 Å². The molecule has 11 heteroatoms. The van der Waals surface area contributed by atoms with Crippen LogP contribution in [0.25, 0.3) is 0 Å². The molecular weight excluding hydrogens is 440 g/mol. The van der Waals surface area contributed by atoms with Crippen molar-refractivity contribution < 1.29 is 39.6 Å². The zero-order valence-electron chi connectivity index (χ0n) is 23.3. The molecule has 1 aliphatic heterocycles. The van der Waals surface area contributed by atoms with Crippen LogP contribution in [0.1, 0.15) is 37.5 Å². The molecule has 2 aromatic heterocycles. The third-order valence-electron chi connectivity index (χ3n) is 3.63. The highest BCUT2D eigenvalue weighted by Crippen LogP contribution is 2.36. The molecule has 4 rings (SSSR count). The van der Waals surface area contributed by atoms with Crippen LogP contribution in [0.2, 0.25) is 6.43 Å². The first-order valence-corrected chi connectivity index (χ1v) is 10.3. The second-order valence-corrected chi connectivity index (χ2v) is 8.39. The molecule has 29 heavy (non-hydrogen) atoms. The number of thiophene rings is 1. The van der Waals surface area contributed by atoms with Gasteiger partial charge in [-0.15, -0.1) is 11.3 Å². The van der Waals surface area contributed by atoms with E-state index in [9.17, 15) is 13.2 Å². The van der Waals surface area contributed by atoms with Crippen LogP contribution in [0.4, 0.5) is 5.88 Å². The minimum absolute atomic E-state index is 0.168. The third kappa shape index (κ3) is 3.70. The average Bonchev–Trinajstić information content (AvgIpc) is 3.54. The number of ketones is 1. The fourth-order valence-electron chi connectivity index (χ4n) is 2.29. The van der Waals surface area contributed by atoms with Gasteiger partial charge >= 0.3 is 0 Å². The van der Waals surface area contributed by atoms with Gasteiger partial charge in [0.15, 0.2) is 18.7 Å². The molecule has 0 saturated heterocycles. The van der Waals surface area contributed by atoms with Crippen LogP contribution < -0.4 is 14.2 Å². The topological polar surface area (TPSA) is 108 Å². The summed E-state index contributed by atoms with van der Waals surface area (Å²) in [6.07, 6.45) is -3.07. The maximum absolute atomic E-state index is 13.4. The summed E-state index contributed by atoms with van der Waals surface area (Å²) in [7, 11) is -5.00. The standard InChI is InChI=1S/C18H15ClN2O6S2/c1-9-5-13-14(26-8-25-13)7-11(9)6-12(22)17-15(3-4-28-17)29(23,24)21-18-16(19)10(2)20-27-18/h3-5,7,21H,6,8H2,1-2H3/i2D3,5D,6D2,7D,8D/hD. The molecule has 1 aromatic carbocycles. The van der Waals surface area contributed by atoms with Crippen LogP contribution in [-0.4, -0.2) is 26.1 Å². The van der Waals surface area contributed by atoms with Crippen molar-refractivity contribution in [2.45, 2.75) is 25.0 Å².